The molecule has 2 heterocycles. The maximum atomic E-state index is 12.6. The van der Waals surface area contributed by atoms with E-state index >= 15 is 0 Å². The molecule has 9 heteroatoms. The van der Waals surface area contributed by atoms with E-state index < -0.39 is 17.8 Å². The van der Waals surface area contributed by atoms with E-state index in [4.69, 9.17) is 9.47 Å². The highest BCUT2D eigenvalue weighted by atomic mass is 19.4. The highest BCUT2D eigenvalue weighted by Gasteiger charge is 2.33. The topological polar surface area (TPSA) is 65.4 Å². The van der Waals surface area contributed by atoms with E-state index in [0.717, 1.165) is 40.2 Å². The van der Waals surface area contributed by atoms with Crippen LogP contribution in [0.4, 0.5) is 13.2 Å². The molecule has 1 N–H and O–H groups in total. The molecule has 0 fully saturated rings. The molecule has 0 saturated heterocycles. The fourth-order valence-corrected chi connectivity index (χ4v) is 2.91. The number of carbonyl (C=O) groups excluding carboxylic acids is 1. The minimum Gasteiger partial charge on any atom is -0.494 e. The number of ether oxygens (including phenoxy) is 2. The summed E-state index contributed by atoms with van der Waals surface area (Å²) in [4.78, 5) is 12.1. The van der Waals surface area contributed by atoms with Crippen molar-refractivity contribution in [3.63, 3.8) is 0 Å². The van der Waals surface area contributed by atoms with E-state index in [2.05, 4.69) is 10.4 Å². The fourth-order valence-electron chi connectivity index (χ4n) is 2.91. The highest BCUT2D eigenvalue weighted by Crippen LogP contribution is 2.35. The molecule has 2 aromatic rings. The Morgan fingerprint density at radius 1 is 1.44 bits per heavy atom. The number of nitrogens with zero attached hydrogens (tertiary/aromatic N) is 2. The minimum absolute atomic E-state index is 0.0851. The minimum atomic E-state index is -4.53. The molecule has 1 aliphatic heterocycles. The van der Waals surface area contributed by atoms with Gasteiger partial charge in [0.1, 0.15) is 24.1 Å². The van der Waals surface area contributed by atoms with Crippen LogP contribution in [0.2, 0.25) is 0 Å². The third kappa shape index (κ3) is 4.53. The Kier molecular flexibility index (Phi) is 5.29. The van der Waals surface area contributed by atoms with Crippen LogP contribution in [0.1, 0.15) is 30.7 Å². The number of hydrogen-bond donors (Lipinski definition) is 1. The molecule has 1 aromatic carbocycles. The second-order valence-electron chi connectivity index (χ2n) is 6.31. The van der Waals surface area contributed by atoms with Gasteiger partial charge in [0.05, 0.1) is 6.61 Å². The number of amides is 1. The molecule has 1 aliphatic rings. The van der Waals surface area contributed by atoms with Gasteiger partial charge in [-0.1, -0.05) is 0 Å². The lowest BCUT2D eigenvalue weighted by atomic mass is 10.1. The SMILES string of the molecule is CCOc1cc2c(cc1CNC(=O)Cn1ccc(C(F)(F)F)n1)O[C@H](C)C2. The average molecular weight is 383 g/mol. The summed E-state index contributed by atoms with van der Waals surface area (Å²) in [6, 6.07) is 4.58. The number of fused-ring (bicyclic) bond motifs is 1. The van der Waals surface area contributed by atoms with Crippen LogP contribution >= 0.6 is 0 Å². The second kappa shape index (κ2) is 7.50. The Morgan fingerprint density at radius 3 is 2.89 bits per heavy atom. The number of benzene rings is 1. The zero-order valence-electron chi connectivity index (χ0n) is 15.0. The zero-order chi connectivity index (χ0) is 19.6. The molecule has 0 aliphatic carbocycles. The maximum Gasteiger partial charge on any atom is 0.435 e. The molecule has 0 bridgehead atoms. The van der Waals surface area contributed by atoms with Gasteiger partial charge in [0.15, 0.2) is 5.69 Å². The van der Waals surface area contributed by atoms with Crippen LogP contribution in [-0.4, -0.2) is 28.4 Å². The molecule has 0 radical (unpaired) electrons. The molecule has 0 saturated carbocycles. The third-order valence-electron chi connectivity index (χ3n) is 4.09. The van der Waals surface area contributed by atoms with Crippen molar-refractivity contribution in [2.45, 2.75) is 45.6 Å². The molecule has 146 valence electrons. The lowest BCUT2D eigenvalue weighted by molar-refractivity contribution is -0.141. The van der Waals surface area contributed by atoms with E-state index in [1.807, 2.05) is 26.0 Å². The van der Waals surface area contributed by atoms with Gasteiger partial charge < -0.3 is 14.8 Å². The number of hydrogen-bond acceptors (Lipinski definition) is 4. The number of carbonyl (C=O) groups is 1. The first-order valence-corrected chi connectivity index (χ1v) is 8.59. The number of halogens is 3. The van der Waals surface area contributed by atoms with Crippen molar-refractivity contribution in [3.05, 3.63) is 41.2 Å². The molecule has 0 unspecified atom stereocenters. The van der Waals surface area contributed by atoms with Gasteiger partial charge in [0.25, 0.3) is 0 Å². The summed E-state index contributed by atoms with van der Waals surface area (Å²) in [5.41, 5.74) is 0.769. The Bertz CT molecular complexity index is 833. The van der Waals surface area contributed by atoms with Gasteiger partial charge in [0.2, 0.25) is 5.91 Å². The first-order chi connectivity index (χ1) is 12.8. The highest BCUT2D eigenvalue weighted by molar-refractivity contribution is 5.75. The first kappa shape index (κ1) is 19.1. The quantitative estimate of drug-likeness (QED) is 0.833. The molecule has 0 spiro atoms. The number of rotatable bonds is 6. The summed E-state index contributed by atoms with van der Waals surface area (Å²) in [7, 11) is 0. The molecule has 3 rings (SSSR count). The van der Waals surface area contributed by atoms with E-state index in [1.54, 1.807) is 0 Å². The van der Waals surface area contributed by atoms with Crippen LogP contribution in [0, 0.1) is 0 Å². The van der Waals surface area contributed by atoms with Crippen molar-refractivity contribution < 1.29 is 27.4 Å². The van der Waals surface area contributed by atoms with Crippen molar-refractivity contribution in [3.8, 4) is 11.5 Å². The lowest BCUT2D eigenvalue weighted by Gasteiger charge is -2.13. The molecule has 1 amide bonds. The van der Waals surface area contributed by atoms with Crippen LogP contribution in [0.3, 0.4) is 0 Å². The smallest absolute Gasteiger partial charge is 0.435 e. The summed E-state index contributed by atoms with van der Waals surface area (Å²) < 4.78 is 50.0. The number of aromatic nitrogens is 2. The Hall–Kier alpha value is -2.71. The van der Waals surface area contributed by atoms with Crippen LogP contribution in [0.5, 0.6) is 11.5 Å². The second-order valence-corrected chi connectivity index (χ2v) is 6.31. The molecule has 6 nitrogen and oxygen atoms in total. The molecule has 1 aromatic heterocycles. The summed E-state index contributed by atoms with van der Waals surface area (Å²) in [5.74, 6) is 0.967. The predicted octanol–water partition coefficient (Wildman–Crippen LogP) is 2.94. The predicted molar refractivity (Wildman–Crippen MR) is 90.5 cm³/mol. The van der Waals surface area contributed by atoms with Crippen molar-refractivity contribution >= 4 is 5.91 Å². The molecular formula is C18H20F3N3O3. The van der Waals surface area contributed by atoms with Crippen LogP contribution < -0.4 is 14.8 Å². The maximum absolute atomic E-state index is 12.6. The van der Waals surface area contributed by atoms with E-state index in [1.165, 1.54) is 0 Å². The van der Waals surface area contributed by atoms with Crippen molar-refractivity contribution in [1.82, 2.24) is 15.1 Å². The average Bonchev–Trinajstić information content (AvgIpc) is 3.18. The molecule has 1 atom stereocenters. The van der Waals surface area contributed by atoms with Crippen LogP contribution in [-0.2, 0) is 30.5 Å². The third-order valence-corrected chi connectivity index (χ3v) is 4.09. The van der Waals surface area contributed by atoms with E-state index in [-0.39, 0.29) is 19.2 Å². The summed E-state index contributed by atoms with van der Waals surface area (Å²) >= 11 is 0. The first-order valence-electron chi connectivity index (χ1n) is 8.59. The monoisotopic (exact) mass is 383 g/mol. The van der Waals surface area contributed by atoms with E-state index in [0.29, 0.717) is 12.4 Å². The van der Waals surface area contributed by atoms with Gasteiger partial charge in [-0.3, -0.25) is 9.48 Å². The van der Waals surface area contributed by atoms with Crippen LogP contribution in [0.25, 0.3) is 0 Å². The van der Waals surface area contributed by atoms with E-state index in [9.17, 15) is 18.0 Å². The standard InChI is InChI=1S/C18H20F3N3O3/c1-3-26-14-7-12-6-11(2)27-15(12)8-13(14)9-22-17(25)10-24-5-4-16(23-24)18(19,20)21/h4-5,7-8,11H,3,6,9-10H2,1-2H3,(H,22,25)/t11-/m1/s1. The Labute approximate surface area is 154 Å². The van der Waals surface area contributed by atoms with Gasteiger partial charge in [-0.15, -0.1) is 0 Å². The largest absolute Gasteiger partial charge is 0.494 e. The number of alkyl halides is 3. The normalized spacial score (nSPS) is 16.0. The molecule has 27 heavy (non-hydrogen) atoms. The van der Waals surface area contributed by atoms with Crippen molar-refractivity contribution in [2.75, 3.05) is 6.61 Å². The van der Waals surface area contributed by atoms with Gasteiger partial charge in [-0.2, -0.15) is 18.3 Å². The number of nitrogens with one attached hydrogen (secondary N) is 1. The zero-order valence-corrected chi connectivity index (χ0v) is 15.0. The fraction of sp³-hybridized carbons (Fsp3) is 0.444. The summed E-state index contributed by atoms with van der Waals surface area (Å²) in [6.07, 6.45) is -2.53. The lowest BCUT2D eigenvalue weighted by Crippen LogP contribution is -2.27. The van der Waals surface area contributed by atoms with Gasteiger partial charge in [-0.05, 0) is 32.0 Å². The summed E-state index contributed by atoms with van der Waals surface area (Å²) in [5, 5.41) is 6.05. The molecular weight excluding hydrogens is 363 g/mol. The Morgan fingerprint density at radius 2 is 2.22 bits per heavy atom. The van der Waals surface area contributed by atoms with Crippen LogP contribution in [0.15, 0.2) is 24.4 Å². The van der Waals surface area contributed by atoms with Gasteiger partial charge >= 0.3 is 6.18 Å². The summed E-state index contributed by atoms with van der Waals surface area (Å²) in [6.45, 7) is 4.18. The van der Waals surface area contributed by atoms with Crippen molar-refractivity contribution in [1.29, 1.82) is 0 Å². The van der Waals surface area contributed by atoms with Crippen molar-refractivity contribution in [2.24, 2.45) is 0 Å². The van der Waals surface area contributed by atoms with Gasteiger partial charge in [-0.25, -0.2) is 0 Å². The Balaban J connectivity index is 1.65. The van der Waals surface area contributed by atoms with Gasteiger partial charge in [0, 0.05) is 30.3 Å².